The highest BCUT2D eigenvalue weighted by atomic mass is 32.2. The molecule has 1 N–H and O–H groups in total. The van der Waals surface area contributed by atoms with Gasteiger partial charge in [0.1, 0.15) is 11.0 Å². The van der Waals surface area contributed by atoms with E-state index in [0.717, 1.165) is 11.1 Å². The maximum absolute atomic E-state index is 12.5. The molecule has 1 aromatic carbocycles. The fourth-order valence-electron chi connectivity index (χ4n) is 2.05. The molecule has 0 saturated carbocycles. The number of aromatic nitrogens is 1. The molecule has 0 amide bonds. The second-order valence-electron chi connectivity index (χ2n) is 4.53. The van der Waals surface area contributed by atoms with Gasteiger partial charge in [0.05, 0.1) is 5.69 Å². The number of hydrogen-bond donors (Lipinski definition) is 1. The quantitative estimate of drug-likeness (QED) is 0.941. The Balaban J connectivity index is 2.51. The number of nitrogens with zero attached hydrogens (tertiary/aromatic N) is 2. The highest BCUT2D eigenvalue weighted by Crippen LogP contribution is 2.25. The average Bonchev–Trinajstić information content (AvgIpc) is 2.49. The van der Waals surface area contributed by atoms with Crippen molar-refractivity contribution in [3.05, 3.63) is 53.3 Å². The van der Waals surface area contributed by atoms with Gasteiger partial charge in [0.2, 0.25) is 0 Å². The van der Waals surface area contributed by atoms with E-state index in [9.17, 15) is 8.42 Å². The van der Waals surface area contributed by atoms with Crippen molar-refractivity contribution in [1.29, 1.82) is 5.26 Å². The Labute approximate surface area is 124 Å². The molecule has 0 aliphatic heterocycles. The molecular weight excluding hydrogens is 286 g/mol. The van der Waals surface area contributed by atoms with Crippen molar-refractivity contribution in [2.24, 2.45) is 0 Å². The van der Waals surface area contributed by atoms with Crippen molar-refractivity contribution in [2.75, 3.05) is 4.72 Å². The molecule has 0 saturated heterocycles. The third-order valence-electron chi connectivity index (χ3n) is 3.14. The van der Waals surface area contributed by atoms with Crippen LogP contribution in [0, 0.1) is 18.3 Å². The van der Waals surface area contributed by atoms with Crippen LogP contribution in [-0.4, -0.2) is 13.4 Å². The first kappa shape index (κ1) is 15.0. The van der Waals surface area contributed by atoms with Crippen molar-refractivity contribution in [2.45, 2.75) is 25.2 Å². The Morgan fingerprint density at radius 1 is 1.29 bits per heavy atom. The van der Waals surface area contributed by atoms with E-state index in [-0.39, 0.29) is 10.6 Å². The summed E-state index contributed by atoms with van der Waals surface area (Å²) in [6.07, 6.45) is 2.10. The standard InChI is InChI=1S/C15H15N3O2S/c1-3-12-7-4-6-11(2)15(12)18-21(19,20)14-8-5-9-17-13(14)10-16/h4-9,18H,3H2,1-2H3. The predicted octanol–water partition coefficient (Wildman–Crippen LogP) is 2.62. The molecule has 0 radical (unpaired) electrons. The summed E-state index contributed by atoms with van der Waals surface area (Å²) in [4.78, 5) is 3.68. The number of benzene rings is 1. The summed E-state index contributed by atoms with van der Waals surface area (Å²) in [5.74, 6) is 0. The van der Waals surface area contributed by atoms with Gasteiger partial charge < -0.3 is 0 Å². The van der Waals surface area contributed by atoms with E-state index in [1.54, 1.807) is 6.07 Å². The molecule has 0 fully saturated rings. The second-order valence-corrected chi connectivity index (χ2v) is 6.18. The number of hydrogen-bond acceptors (Lipinski definition) is 4. The van der Waals surface area contributed by atoms with Crippen molar-refractivity contribution >= 4 is 15.7 Å². The monoisotopic (exact) mass is 301 g/mol. The zero-order chi connectivity index (χ0) is 15.5. The number of aryl methyl sites for hydroxylation is 2. The van der Waals surface area contributed by atoms with E-state index in [0.29, 0.717) is 12.1 Å². The SMILES string of the molecule is CCc1cccc(C)c1NS(=O)(=O)c1cccnc1C#N. The molecule has 0 bridgehead atoms. The smallest absolute Gasteiger partial charge is 0.264 e. The molecule has 108 valence electrons. The average molecular weight is 301 g/mol. The summed E-state index contributed by atoms with van der Waals surface area (Å²) >= 11 is 0. The van der Waals surface area contributed by atoms with Crippen LogP contribution in [0.3, 0.4) is 0 Å². The van der Waals surface area contributed by atoms with Crippen LogP contribution in [0.15, 0.2) is 41.4 Å². The zero-order valence-electron chi connectivity index (χ0n) is 11.8. The van der Waals surface area contributed by atoms with Crippen LogP contribution in [0.4, 0.5) is 5.69 Å². The van der Waals surface area contributed by atoms with Gasteiger partial charge in [-0.2, -0.15) is 5.26 Å². The number of pyridine rings is 1. The number of para-hydroxylation sites is 1. The molecule has 0 aliphatic rings. The Hall–Kier alpha value is -2.39. The van der Waals surface area contributed by atoms with Gasteiger partial charge in [0.25, 0.3) is 10.0 Å². The highest BCUT2D eigenvalue weighted by Gasteiger charge is 2.21. The minimum absolute atomic E-state index is 0.113. The highest BCUT2D eigenvalue weighted by molar-refractivity contribution is 7.92. The van der Waals surface area contributed by atoms with Gasteiger partial charge in [-0.3, -0.25) is 4.72 Å². The number of sulfonamides is 1. The fraction of sp³-hybridized carbons (Fsp3) is 0.200. The lowest BCUT2D eigenvalue weighted by Gasteiger charge is -2.14. The van der Waals surface area contributed by atoms with Crippen LogP contribution in [0.5, 0.6) is 0 Å². The van der Waals surface area contributed by atoms with E-state index in [4.69, 9.17) is 5.26 Å². The van der Waals surface area contributed by atoms with Gasteiger partial charge in [-0.05, 0) is 36.6 Å². The van der Waals surface area contributed by atoms with Crippen LogP contribution in [-0.2, 0) is 16.4 Å². The topological polar surface area (TPSA) is 82.8 Å². The van der Waals surface area contributed by atoms with Crippen molar-refractivity contribution in [3.8, 4) is 6.07 Å². The summed E-state index contributed by atoms with van der Waals surface area (Å²) in [5, 5.41) is 9.00. The molecule has 0 atom stereocenters. The molecule has 0 aliphatic carbocycles. The van der Waals surface area contributed by atoms with Crippen LogP contribution in [0.2, 0.25) is 0 Å². The molecule has 5 nitrogen and oxygen atoms in total. The Morgan fingerprint density at radius 2 is 2.05 bits per heavy atom. The third kappa shape index (κ3) is 3.03. The third-order valence-corrected chi connectivity index (χ3v) is 4.52. The summed E-state index contributed by atoms with van der Waals surface area (Å²) in [6.45, 7) is 3.79. The Morgan fingerprint density at radius 3 is 2.71 bits per heavy atom. The number of anilines is 1. The molecule has 0 spiro atoms. The number of rotatable bonds is 4. The summed E-state index contributed by atoms with van der Waals surface area (Å²) in [7, 11) is -3.85. The van der Waals surface area contributed by atoms with Crippen molar-refractivity contribution in [3.63, 3.8) is 0 Å². The zero-order valence-corrected chi connectivity index (χ0v) is 12.6. The number of nitriles is 1. The lowest BCUT2D eigenvalue weighted by atomic mass is 10.1. The largest absolute Gasteiger partial charge is 0.279 e. The van der Waals surface area contributed by atoms with Gasteiger partial charge in [0, 0.05) is 6.20 Å². The first-order valence-corrected chi connectivity index (χ1v) is 7.94. The van der Waals surface area contributed by atoms with Gasteiger partial charge in [0.15, 0.2) is 5.69 Å². The number of nitrogens with one attached hydrogen (secondary N) is 1. The van der Waals surface area contributed by atoms with E-state index in [1.807, 2.05) is 32.0 Å². The van der Waals surface area contributed by atoms with Crippen LogP contribution < -0.4 is 4.72 Å². The van der Waals surface area contributed by atoms with E-state index < -0.39 is 10.0 Å². The van der Waals surface area contributed by atoms with Crippen LogP contribution in [0.25, 0.3) is 0 Å². The van der Waals surface area contributed by atoms with Gasteiger partial charge >= 0.3 is 0 Å². The van der Waals surface area contributed by atoms with Crippen molar-refractivity contribution < 1.29 is 8.42 Å². The molecule has 2 rings (SSSR count). The lowest BCUT2D eigenvalue weighted by molar-refractivity contribution is 0.600. The van der Waals surface area contributed by atoms with E-state index in [1.165, 1.54) is 18.3 Å². The Bertz CT molecular complexity index is 808. The summed E-state index contributed by atoms with van der Waals surface area (Å²) < 4.78 is 27.6. The van der Waals surface area contributed by atoms with Crippen molar-refractivity contribution in [1.82, 2.24) is 4.98 Å². The molecule has 0 unspecified atom stereocenters. The minimum atomic E-state index is -3.85. The Kier molecular flexibility index (Phi) is 4.24. The molecular formula is C15H15N3O2S. The molecule has 6 heteroatoms. The lowest BCUT2D eigenvalue weighted by Crippen LogP contribution is -2.16. The predicted molar refractivity (Wildman–Crippen MR) is 80.3 cm³/mol. The van der Waals surface area contributed by atoms with Gasteiger partial charge in [-0.25, -0.2) is 13.4 Å². The maximum atomic E-state index is 12.5. The maximum Gasteiger partial charge on any atom is 0.264 e. The molecule has 1 heterocycles. The van der Waals surface area contributed by atoms with Crippen LogP contribution in [0.1, 0.15) is 23.7 Å². The van der Waals surface area contributed by atoms with E-state index in [2.05, 4.69) is 9.71 Å². The van der Waals surface area contributed by atoms with E-state index >= 15 is 0 Å². The van der Waals surface area contributed by atoms with Crippen LogP contribution >= 0.6 is 0 Å². The fourth-order valence-corrected chi connectivity index (χ4v) is 3.33. The normalized spacial score (nSPS) is 10.9. The summed E-state index contributed by atoms with van der Waals surface area (Å²) in [6, 6.07) is 10.3. The van der Waals surface area contributed by atoms with Gasteiger partial charge in [-0.1, -0.05) is 25.1 Å². The van der Waals surface area contributed by atoms with Gasteiger partial charge in [-0.15, -0.1) is 0 Å². The summed E-state index contributed by atoms with van der Waals surface area (Å²) in [5.41, 5.74) is 2.19. The first-order valence-electron chi connectivity index (χ1n) is 6.46. The first-order chi connectivity index (χ1) is 9.99. The molecule has 2 aromatic rings. The second kappa shape index (κ2) is 5.94. The minimum Gasteiger partial charge on any atom is -0.279 e. The molecule has 21 heavy (non-hydrogen) atoms. The molecule has 1 aromatic heterocycles.